The van der Waals surface area contributed by atoms with Gasteiger partial charge in [-0.05, 0) is 43.7 Å². The van der Waals surface area contributed by atoms with E-state index in [1.54, 1.807) is 69.5 Å². The van der Waals surface area contributed by atoms with Crippen molar-refractivity contribution in [3.63, 3.8) is 0 Å². The number of carbonyl (C=O) groups excluding carboxylic acids is 2. The minimum Gasteiger partial charge on any atom is -0.497 e. The molecule has 0 unspecified atom stereocenters. The van der Waals surface area contributed by atoms with Crippen LogP contribution < -0.4 is 24.4 Å². The van der Waals surface area contributed by atoms with Gasteiger partial charge in [-0.3, -0.25) is 14.2 Å². The number of hydrogen-bond acceptors (Lipinski definition) is 8. The van der Waals surface area contributed by atoms with Crippen LogP contribution in [0.15, 0.2) is 69.6 Å². The molecule has 0 amide bonds. The quantitative estimate of drug-likeness (QED) is 0.388. The summed E-state index contributed by atoms with van der Waals surface area (Å²) in [6, 6.07) is 13.4. The molecule has 0 spiro atoms. The zero-order valence-corrected chi connectivity index (χ0v) is 20.5. The monoisotopic (exact) mass is 492 g/mol. The van der Waals surface area contributed by atoms with Gasteiger partial charge in [0.25, 0.3) is 5.56 Å². The minimum absolute atomic E-state index is 0.192. The largest absolute Gasteiger partial charge is 0.497 e. The Morgan fingerprint density at radius 2 is 1.94 bits per heavy atom. The van der Waals surface area contributed by atoms with Gasteiger partial charge in [0.05, 0.1) is 35.6 Å². The van der Waals surface area contributed by atoms with E-state index < -0.39 is 18.0 Å². The third kappa shape index (κ3) is 4.81. The summed E-state index contributed by atoms with van der Waals surface area (Å²) >= 11 is 1.19. The molecular formula is C26H24N2O6S. The predicted molar refractivity (Wildman–Crippen MR) is 131 cm³/mol. The molecule has 0 fully saturated rings. The number of para-hydroxylation sites is 1. The number of aromatic nitrogens is 1. The number of hydrogen-bond donors (Lipinski definition) is 0. The van der Waals surface area contributed by atoms with Crippen LogP contribution in [0, 0.1) is 0 Å². The van der Waals surface area contributed by atoms with Crippen LogP contribution in [0.5, 0.6) is 11.5 Å². The molecule has 1 aliphatic heterocycles. The number of carbonyl (C=O) groups is 2. The number of nitrogens with zero attached hydrogens (tertiary/aromatic N) is 2. The lowest BCUT2D eigenvalue weighted by molar-refractivity contribution is -0.139. The average molecular weight is 493 g/mol. The van der Waals surface area contributed by atoms with Crippen molar-refractivity contribution >= 4 is 29.4 Å². The van der Waals surface area contributed by atoms with Crippen LogP contribution in [0.4, 0.5) is 0 Å². The first-order valence-corrected chi connectivity index (χ1v) is 11.8. The van der Waals surface area contributed by atoms with Crippen molar-refractivity contribution in [2.45, 2.75) is 26.8 Å². The molecule has 1 aromatic heterocycles. The van der Waals surface area contributed by atoms with Crippen molar-refractivity contribution in [2.24, 2.45) is 4.99 Å². The molecule has 1 atom stereocenters. The summed E-state index contributed by atoms with van der Waals surface area (Å²) in [5, 5.41) is 0. The molecule has 0 saturated heterocycles. The Balaban J connectivity index is 1.95. The normalized spacial score (nSPS) is 15.3. The van der Waals surface area contributed by atoms with E-state index in [4.69, 9.17) is 14.2 Å². The third-order valence-corrected chi connectivity index (χ3v) is 6.37. The molecule has 8 nitrogen and oxygen atoms in total. The van der Waals surface area contributed by atoms with E-state index in [2.05, 4.69) is 4.99 Å². The van der Waals surface area contributed by atoms with E-state index in [0.29, 0.717) is 43.2 Å². The third-order valence-electron chi connectivity index (χ3n) is 5.39. The van der Waals surface area contributed by atoms with Gasteiger partial charge in [0.15, 0.2) is 4.80 Å². The highest BCUT2D eigenvalue weighted by Gasteiger charge is 2.33. The van der Waals surface area contributed by atoms with E-state index in [-0.39, 0.29) is 12.2 Å². The number of rotatable bonds is 6. The first kappa shape index (κ1) is 24.2. The van der Waals surface area contributed by atoms with Gasteiger partial charge in [0.1, 0.15) is 11.5 Å². The zero-order valence-electron chi connectivity index (χ0n) is 19.7. The van der Waals surface area contributed by atoms with Gasteiger partial charge in [-0.15, -0.1) is 0 Å². The van der Waals surface area contributed by atoms with Gasteiger partial charge in [0, 0.05) is 12.5 Å². The van der Waals surface area contributed by atoms with Crippen LogP contribution in [-0.4, -0.2) is 30.2 Å². The van der Waals surface area contributed by atoms with Crippen molar-refractivity contribution in [3.8, 4) is 11.5 Å². The van der Waals surface area contributed by atoms with Gasteiger partial charge in [0.2, 0.25) is 0 Å². The lowest BCUT2D eigenvalue weighted by atomic mass is 9.95. The van der Waals surface area contributed by atoms with Crippen LogP contribution in [0.1, 0.15) is 37.9 Å². The fourth-order valence-electron chi connectivity index (χ4n) is 3.91. The maximum absolute atomic E-state index is 13.7. The van der Waals surface area contributed by atoms with E-state index in [1.165, 1.54) is 22.8 Å². The Bertz CT molecular complexity index is 1520. The maximum atomic E-state index is 13.7. The first-order valence-electron chi connectivity index (χ1n) is 10.9. The molecular weight excluding hydrogens is 468 g/mol. The average Bonchev–Trinajstić information content (AvgIpc) is 3.13. The highest BCUT2D eigenvalue weighted by Crippen LogP contribution is 2.32. The zero-order chi connectivity index (χ0) is 25.1. The van der Waals surface area contributed by atoms with E-state index >= 15 is 0 Å². The SMILES string of the molecule is CCOC(=O)C1=C(C)N=c2s/c(=C\c3ccccc3OC(C)=O)c(=O)n2[C@@H]1c1cccc(OC)c1. The summed E-state index contributed by atoms with van der Waals surface area (Å²) in [5.74, 6) is -0.0486. The first-order chi connectivity index (χ1) is 16.8. The summed E-state index contributed by atoms with van der Waals surface area (Å²) in [6.07, 6.45) is 1.66. The Kier molecular flexibility index (Phi) is 6.97. The number of benzene rings is 2. The second kappa shape index (κ2) is 10.1. The minimum atomic E-state index is -0.744. The second-order valence-corrected chi connectivity index (χ2v) is 8.72. The second-order valence-electron chi connectivity index (χ2n) is 7.71. The standard InChI is InChI=1S/C26H24N2O6S/c1-5-33-25(31)22-15(2)27-26-28(23(22)18-10-8-11-19(13-18)32-4)24(30)21(35-26)14-17-9-6-7-12-20(17)34-16(3)29/h6-14,23H,5H2,1-4H3/b21-14-/t23-/m1/s1. The molecule has 0 radical (unpaired) electrons. The summed E-state index contributed by atoms with van der Waals surface area (Å²) in [6.45, 7) is 4.97. The Hall–Kier alpha value is -3.98. The topological polar surface area (TPSA) is 96.2 Å². The summed E-state index contributed by atoms with van der Waals surface area (Å²) < 4.78 is 17.9. The number of allylic oxidation sites excluding steroid dienone is 1. The lowest BCUT2D eigenvalue weighted by Gasteiger charge is -2.25. The predicted octanol–water partition coefficient (Wildman–Crippen LogP) is 2.73. The van der Waals surface area contributed by atoms with E-state index in [1.807, 2.05) is 6.07 Å². The van der Waals surface area contributed by atoms with Crippen LogP contribution in [-0.2, 0) is 14.3 Å². The van der Waals surface area contributed by atoms with E-state index in [9.17, 15) is 14.4 Å². The highest BCUT2D eigenvalue weighted by atomic mass is 32.1. The molecule has 2 aromatic carbocycles. The van der Waals surface area contributed by atoms with Gasteiger partial charge >= 0.3 is 11.9 Å². The molecule has 0 saturated carbocycles. The molecule has 0 N–H and O–H groups in total. The fraction of sp³-hybridized carbons (Fsp3) is 0.231. The molecule has 35 heavy (non-hydrogen) atoms. The number of methoxy groups -OCH3 is 1. The molecule has 0 bridgehead atoms. The summed E-state index contributed by atoms with van der Waals surface area (Å²) in [4.78, 5) is 43.2. The Labute approximate surface area is 205 Å². The molecule has 2 heterocycles. The van der Waals surface area contributed by atoms with Crippen LogP contribution in [0.3, 0.4) is 0 Å². The fourth-order valence-corrected chi connectivity index (χ4v) is 4.94. The molecule has 1 aliphatic rings. The summed E-state index contributed by atoms with van der Waals surface area (Å²) in [5.41, 5.74) is 1.71. The summed E-state index contributed by atoms with van der Waals surface area (Å²) in [7, 11) is 1.55. The Morgan fingerprint density at radius 3 is 2.66 bits per heavy atom. The molecule has 0 aliphatic carbocycles. The molecule has 9 heteroatoms. The van der Waals surface area contributed by atoms with Crippen LogP contribution in [0.2, 0.25) is 0 Å². The van der Waals surface area contributed by atoms with Gasteiger partial charge in [-0.2, -0.15) is 0 Å². The van der Waals surface area contributed by atoms with Gasteiger partial charge in [-0.1, -0.05) is 41.7 Å². The molecule has 3 aromatic rings. The lowest BCUT2D eigenvalue weighted by Crippen LogP contribution is -2.39. The van der Waals surface area contributed by atoms with Crippen molar-refractivity contribution in [1.82, 2.24) is 4.57 Å². The van der Waals surface area contributed by atoms with Crippen molar-refractivity contribution in [3.05, 3.63) is 90.6 Å². The van der Waals surface area contributed by atoms with Crippen LogP contribution >= 0.6 is 11.3 Å². The van der Waals surface area contributed by atoms with Crippen molar-refractivity contribution in [1.29, 1.82) is 0 Å². The van der Waals surface area contributed by atoms with Crippen molar-refractivity contribution in [2.75, 3.05) is 13.7 Å². The van der Waals surface area contributed by atoms with Crippen LogP contribution in [0.25, 0.3) is 6.08 Å². The smallest absolute Gasteiger partial charge is 0.338 e. The van der Waals surface area contributed by atoms with Gasteiger partial charge in [-0.25, -0.2) is 9.79 Å². The number of ether oxygens (including phenoxy) is 3. The van der Waals surface area contributed by atoms with Crippen molar-refractivity contribution < 1.29 is 23.8 Å². The molecule has 180 valence electrons. The maximum Gasteiger partial charge on any atom is 0.338 e. The van der Waals surface area contributed by atoms with E-state index in [0.717, 1.165) is 0 Å². The van der Waals surface area contributed by atoms with Gasteiger partial charge < -0.3 is 14.2 Å². The molecule has 4 rings (SSSR count). The highest BCUT2D eigenvalue weighted by molar-refractivity contribution is 7.07. The number of esters is 2. The number of thiazole rings is 1. The number of fused-ring (bicyclic) bond motifs is 1. The Morgan fingerprint density at radius 1 is 1.17 bits per heavy atom.